The Morgan fingerprint density at radius 1 is 1.35 bits per heavy atom. The maximum Gasteiger partial charge on any atom is 0.151 e. The van der Waals surface area contributed by atoms with Gasteiger partial charge < -0.3 is 5.32 Å². The Morgan fingerprint density at radius 3 is 3.00 bits per heavy atom. The fraction of sp³-hybridized carbons (Fsp3) is 0.846. The molecular formula is C13H24N4. The first kappa shape index (κ1) is 12.6. The largest absolute Gasteiger partial charge is 0.314 e. The predicted octanol–water partition coefficient (Wildman–Crippen LogP) is 1.92. The quantitative estimate of drug-likeness (QED) is 0.812. The van der Waals surface area contributed by atoms with Crippen molar-refractivity contribution in [1.82, 2.24) is 20.1 Å². The lowest BCUT2D eigenvalue weighted by molar-refractivity contribution is 0.449. The average Bonchev–Trinajstić information content (AvgIpc) is 2.59. The van der Waals surface area contributed by atoms with Crippen LogP contribution in [0.5, 0.6) is 0 Å². The van der Waals surface area contributed by atoms with E-state index < -0.39 is 0 Å². The lowest BCUT2D eigenvalue weighted by Gasteiger charge is -2.15. The first-order valence-corrected chi connectivity index (χ1v) is 6.82. The molecule has 2 rings (SSSR count). The van der Waals surface area contributed by atoms with E-state index in [1.54, 1.807) is 11.0 Å². The number of nitrogens with one attached hydrogen (secondary N) is 1. The lowest BCUT2D eigenvalue weighted by atomic mass is 10.0. The molecule has 1 aliphatic rings. The van der Waals surface area contributed by atoms with Gasteiger partial charge in [0.15, 0.2) is 5.82 Å². The van der Waals surface area contributed by atoms with Gasteiger partial charge in [0.25, 0.3) is 0 Å². The molecule has 0 saturated heterocycles. The molecule has 1 N–H and O–H groups in total. The normalized spacial score (nSPS) is 25.8. The molecule has 0 radical (unpaired) electrons. The van der Waals surface area contributed by atoms with E-state index in [0.717, 1.165) is 24.7 Å². The highest BCUT2D eigenvalue weighted by Crippen LogP contribution is 2.22. The first-order chi connectivity index (χ1) is 8.24. The number of hydrogen-bond donors (Lipinski definition) is 1. The van der Waals surface area contributed by atoms with Gasteiger partial charge in [-0.05, 0) is 25.2 Å². The molecule has 4 heteroatoms. The van der Waals surface area contributed by atoms with Gasteiger partial charge in [0.2, 0.25) is 0 Å². The zero-order valence-electron chi connectivity index (χ0n) is 11.0. The van der Waals surface area contributed by atoms with Crippen LogP contribution in [0.1, 0.15) is 44.9 Å². The van der Waals surface area contributed by atoms with Crippen molar-refractivity contribution in [2.75, 3.05) is 6.54 Å². The number of rotatable bonds is 4. The predicted molar refractivity (Wildman–Crippen MR) is 68.7 cm³/mol. The fourth-order valence-electron chi connectivity index (χ4n) is 2.58. The van der Waals surface area contributed by atoms with Gasteiger partial charge in [-0.15, -0.1) is 0 Å². The Balaban J connectivity index is 1.67. The maximum atomic E-state index is 4.29. The highest BCUT2D eigenvalue weighted by Gasteiger charge is 2.15. The van der Waals surface area contributed by atoms with E-state index in [9.17, 15) is 0 Å². The summed E-state index contributed by atoms with van der Waals surface area (Å²) >= 11 is 0. The Kier molecular flexibility index (Phi) is 4.54. The van der Waals surface area contributed by atoms with Crippen molar-refractivity contribution in [3.63, 3.8) is 0 Å². The van der Waals surface area contributed by atoms with Crippen LogP contribution in [0.2, 0.25) is 0 Å². The van der Waals surface area contributed by atoms with E-state index in [1.165, 1.54) is 32.1 Å². The van der Waals surface area contributed by atoms with Gasteiger partial charge in [0, 0.05) is 26.1 Å². The number of aromatic nitrogens is 3. The molecule has 4 nitrogen and oxygen atoms in total. The molecule has 1 aromatic rings. The van der Waals surface area contributed by atoms with Crippen molar-refractivity contribution in [3.05, 3.63) is 12.2 Å². The minimum Gasteiger partial charge on any atom is -0.314 e. The average molecular weight is 236 g/mol. The van der Waals surface area contributed by atoms with Crippen molar-refractivity contribution in [2.24, 2.45) is 13.0 Å². The summed E-state index contributed by atoms with van der Waals surface area (Å²) in [6, 6.07) is 0.712. The van der Waals surface area contributed by atoms with Crippen LogP contribution in [0.4, 0.5) is 0 Å². The molecule has 1 saturated carbocycles. The highest BCUT2D eigenvalue weighted by atomic mass is 15.3. The summed E-state index contributed by atoms with van der Waals surface area (Å²) in [5.74, 6) is 1.86. The SMILES string of the molecule is CC1CCCC(NCCc2ncn(C)n2)CC1. The van der Waals surface area contributed by atoms with E-state index >= 15 is 0 Å². The van der Waals surface area contributed by atoms with Gasteiger partial charge in [-0.25, -0.2) is 4.98 Å². The van der Waals surface area contributed by atoms with E-state index in [0.29, 0.717) is 6.04 Å². The zero-order chi connectivity index (χ0) is 12.1. The summed E-state index contributed by atoms with van der Waals surface area (Å²) in [5.41, 5.74) is 0. The molecule has 2 atom stereocenters. The van der Waals surface area contributed by atoms with Crippen molar-refractivity contribution < 1.29 is 0 Å². The van der Waals surface area contributed by atoms with Gasteiger partial charge in [0.05, 0.1) is 0 Å². The topological polar surface area (TPSA) is 42.7 Å². The molecular weight excluding hydrogens is 212 g/mol. The Morgan fingerprint density at radius 2 is 2.24 bits per heavy atom. The van der Waals surface area contributed by atoms with Gasteiger partial charge in [-0.2, -0.15) is 5.10 Å². The van der Waals surface area contributed by atoms with Crippen LogP contribution in [0, 0.1) is 5.92 Å². The third-order valence-corrected chi connectivity index (χ3v) is 3.69. The highest BCUT2D eigenvalue weighted by molar-refractivity contribution is 4.83. The first-order valence-electron chi connectivity index (χ1n) is 6.82. The van der Waals surface area contributed by atoms with Crippen LogP contribution >= 0.6 is 0 Å². The molecule has 0 amide bonds. The second kappa shape index (κ2) is 6.15. The molecule has 96 valence electrons. The minimum atomic E-state index is 0.712. The van der Waals surface area contributed by atoms with Crippen LogP contribution in [0.25, 0.3) is 0 Å². The molecule has 1 fully saturated rings. The van der Waals surface area contributed by atoms with E-state index in [2.05, 4.69) is 22.3 Å². The maximum absolute atomic E-state index is 4.29. The number of nitrogens with zero attached hydrogens (tertiary/aromatic N) is 3. The summed E-state index contributed by atoms with van der Waals surface area (Å²) < 4.78 is 1.77. The molecule has 1 aromatic heterocycles. The summed E-state index contributed by atoms with van der Waals surface area (Å²) in [4.78, 5) is 4.24. The Bertz CT molecular complexity index is 334. The monoisotopic (exact) mass is 236 g/mol. The lowest BCUT2D eigenvalue weighted by Crippen LogP contribution is -2.30. The van der Waals surface area contributed by atoms with Crippen LogP contribution < -0.4 is 5.32 Å². The van der Waals surface area contributed by atoms with E-state index in [-0.39, 0.29) is 0 Å². The van der Waals surface area contributed by atoms with Crippen molar-refractivity contribution in [2.45, 2.75) is 51.5 Å². The van der Waals surface area contributed by atoms with Gasteiger partial charge >= 0.3 is 0 Å². The molecule has 1 aliphatic carbocycles. The molecule has 0 aliphatic heterocycles. The van der Waals surface area contributed by atoms with Crippen LogP contribution in [0.15, 0.2) is 6.33 Å². The number of hydrogen-bond acceptors (Lipinski definition) is 3. The second-order valence-corrected chi connectivity index (χ2v) is 5.35. The van der Waals surface area contributed by atoms with Gasteiger partial charge in [-0.3, -0.25) is 4.68 Å². The van der Waals surface area contributed by atoms with Crippen molar-refractivity contribution in [3.8, 4) is 0 Å². The molecule has 17 heavy (non-hydrogen) atoms. The molecule has 0 bridgehead atoms. The molecule has 0 aromatic carbocycles. The third kappa shape index (κ3) is 4.11. The number of aryl methyl sites for hydroxylation is 1. The summed E-state index contributed by atoms with van der Waals surface area (Å²) in [6.07, 6.45) is 9.52. The molecule has 0 spiro atoms. The minimum absolute atomic E-state index is 0.712. The van der Waals surface area contributed by atoms with Gasteiger partial charge in [0.1, 0.15) is 6.33 Å². The Hall–Kier alpha value is -0.900. The zero-order valence-corrected chi connectivity index (χ0v) is 11.0. The standard InChI is InChI=1S/C13H24N4/c1-11-4-3-5-12(7-6-11)14-9-8-13-15-10-17(2)16-13/h10-12,14H,3-9H2,1-2H3. The van der Waals surface area contributed by atoms with Gasteiger partial charge in [-0.1, -0.05) is 19.8 Å². The Labute approximate surface area is 104 Å². The van der Waals surface area contributed by atoms with Crippen molar-refractivity contribution in [1.29, 1.82) is 0 Å². The molecule has 2 unspecified atom stereocenters. The van der Waals surface area contributed by atoms with Crippen LogP contribution in [-0.4, -0.2) is 27.4 Å². The van der Waals surface area contributed by atoms with E-state index in [4.69, 9.17) is 0 Å². The van der Waals surface area contributed by atoms with Crippen LogP contribution in [-0.2, 0) is 13.5 Å². The summed E-state index contributed by atoms with van der Waals surface area (Å²) in [6.45, 7) is 3.38. The third-order valence-electron chi connectivity index (χ3n) is 3.69. The van der Waals surface area contributed by atoms with Crippen molar-refractivity contribution >= 4 is 0 Å². The molecule has 1 heterocycles. The second-order valence-electron chi connectivity index (χ2n) is 5.35. The van der Waals surface area contributed by atoms with Crippen LogP contribution in [0.3, 0.4) is 0 Å². The summed E-state index contributed by atoms with van der Waals surface area (Å²) in [5, 5.41) is 7.94. The van der Waals surface area contributed by atoms with E-state index in [1.807, 2.05) is 7.05 Å². The fourth-order valence-corrected chi connectivity index (χ4v) is 2.58. The summed E-state index contributed by atoms with van der Waals surface area (Å²) in [7, 11) is 1.91. The smallest absolute Gasteiger partial charge is 0.151 e.